The Kier molecular flexibility index (Phi) is 3.37. The summed E-state index contributed by atoms with van der Waals surface area (Å²) in [6.07, 6.45) is 10.6. The highest BCUT2D eigenvalue weighted by atomic mass is 16.5. The Morgan fingerprint density at radius 3 is 2.88 bits per heavy atom. The lowest BCUT2D eigenvalue weighted by molar-refractivity contribution is 0.419. The summed E-state index contributed by atoms with van der Waals surface area (Å²) >= 11 is 0. The van der Waals surface area contributed by atoms with Gasteiger partial charge in [0.25, 0.3) is 0 Å². The van der Waals surface area contributed by atoms with Gasteiger partial charge in [-0.05, 0) is 43.5 Å². The van der Waals surface area contributed by atoms with Crippen LogP contribution in [0.4, 0.5) is 0 Å². The number of allylic oxidation sites excluding steroid dienone is 2. The molecule has 1 aliphatic rings. The van der Waals surface area contributed by atoms with Crippen LogP contribution in [0.1, 0.15) is 13.3 Å². The van der Waals surface area contributed by atoms with Crippen molar-refractivity contribution in [3.8, 4) is 5.75 Å². The Hall–Kier alpha value is -1.61. The van der Waals surface area contributed by atoms with Crippen molar-refractivity contribution >= 4 is 0 Å². The van der Waals surface area contributed by atoms with Crippen molar-refractivity contribution in [2.24, 2.45) is 11.7 Å². The van der Waals surface area contributed by atoms with E-state index in [0.717, 1.165) is 17.9 Å². The predicted octanol–water partition coefficient (Wildman–Crippen LogP) is 2.27. The summed E-state index contributed by atoms with van der Waals surface area (Å²) in [6.45, 7) is 2.02. The maximum atomic E-state index is 5.88. The van der Waals surface area contributed by atoms with E-state index in [-0.39, 0.29) is 6.04 Å². The molecule has 3 heteroatoms. The van der Waals surface area contributed by atoms with E-state index < -0.39 is 0 Å². The molecule has 1 aromatic rings. The Balaban J connectivity index is 2.07. The van der Waals surface area contributed by atoms with Gasteiger partial charge < -0.3 is 10.5 Å². The summed E-state index contributed by atoms with van der Waals surface area (Å²) in [5.74, 6) is 2.03. The fourth-order valence-corrected chi connectivity index (χ4v) is 1.65. The summed E-state index contributed by atoms with van der Waals surface area (Å²) in [6, 6.07) is 3.83. The number of nitrogens with two attached hydrogens (primary N) is 1. The molecule has 0 fully saturated rings. The monoisotopic (exact) mass is 216 g/mol. The second-order valence-corrected chi connectivity index (χ2v) is 4.02. The normalized spacial score (nSPS) is 21.4. The van der Waals surface area contributed by atoms with Gasteiger partial charge in [-0.15, -0.1) is 0 Å². The highest BCUT2D eigenvalue weighted by molar-refractivity contribution is 5.27. The molecule has 2 rings (SSSR count). The Labute approximate surface area is 95.6 Å². The van der Waals surface area contributed by atoms with Crippen molar-refractivity contribution in [2.75, 3.05) is 0 Å². The van der Waals surface area contributed by atoms with Crippen LogP contribution >= 0.6 is 0 Å². The van der Waals surface area contributed by atoms with Crippen LogP contribution in [0.3, 0.4) is 0 Å². The summed E-state index contributed by atoms with van der Waals surface area (Å²) in [5.41, 5.74) is 5.88. The zero-order valence-corrected chi connectivity index (χ0v) is 9.34. The minimum atomic E-state index is 0.154. The standard InChI is InChI=1S/C13H16N2O/c1-10(14)11-3-2-4-13(9-11)16-12-5-7-15-8-6-12/h2,4-11H,3,14H2,1H3/t10-,11?/m0/s1. The minimum Gasteiger partial charge on any atom is -0.458 e. The first-order chi connectivity index (χ1) is 7.75. The lowest BCUT2D eigenvalue weighted by Gasteiger charge is -2.19. The average Bonchev–Trinajstić information content (AvgIpc) is 2.30. The molecule has 1 aliphatic carbocycles. The zero-order chi connectivity index (χ0) is 11.4. The molecule has 0 aromatic carbocycles. The molecule has 2 N–H and O–H groups in total. The molecule has 1 heterocycles. The molecular formula is C13H16N2O. The van der Waals surface area contributed by atoms with Crippen LogP contribution in [0, 0.1) is 5.92 Å². The number of hydrogen-bond donors (Lipinski definition) is 1. The molecule has 3 nitrogen and oxygen atoms in total. The van der Waals surface area contributed by atoms with Gasteiger partial charge in [-0.3, -0.25) is 4.98 Å². The smallest absolute Gasteiger partial charge is 0.130 e. The fraction of sp³-hybridized carbons (Fsp3) is 0.308. The van der Waals surface area contributed by atoms with Gasteiger partial charge in [0.1, 0.15) is 11.5 Å². The van der Waals surface area contributed by atoms with Crippen LogP contribution in [0.5, 0.6) is 5.75 Å². The third-order valence-electron chi connectivity index (χ3n) is 2.63. The second-order valence-electron chi connectivity index (χ2n) is 4.02. The van der Waals surface area contributed by atoms with Crippen LogP contribution in [0.25, 0.3) is 0 Å². The van der Waals surface area contributed by atoms with E-state index in [9.17, 15) is 0 Å². The second kappa shape index (κ2) is 4.94. The number of hydrogen-bond acceptors (Lipinski definition) is 3. The first-order valence-electron chi connectivity index (χ1n) is 5.47. The summed E-state index contributed by atoms with van der Waals surface area (Å²) in [4.78, 5) is 3.94. The molecule has 1 aromatic heterocycles. The van der Waals surface area contributed by atoms with Gasteiger partial charge in [0.2, 0.25) is 0 Å². The van der Waals surface area contributed by atoms with Crippen LogP contribution in [-0.4, -0.2) is 11.0 Å². The average molecular weight is 216 g/mol. The van der Waals surface area contributed by atoms with E-state index >= 15 is 0 Å². The minimum absolute atomic E-state index is 0.154. The maximum Gasteiger partial charge on any atom is 0.130 e. The highest BCUT2D eigenvalue weighted by Crippen LogP contribution is 2.21. The zero-order valence-electron chi connectivity index (χ0n) is 9.34. The molecular weight excluding hydrogens is 200 g/mol. The molecule has 2 atom stereocenters. The SMILES string of the molecule is C[C@H](N)C1C=C(Oc2ccncc2)C=CC1. The molecule has 0 spiro atoms. The molecule has 0 saturated carbocycles. The largest absolute Gasteiger partial charge is 0.458 e. The molecule has 0 radical (unpaired) electrons. The Morgan fingerprint density at radius 1 is 1.44 bits per heavy atom. The van der Waals surface area contributed by atoms with E-state index in [1.807, 2.05) is 25.1 Å². The van der Waals surface area contributed by atoms with E-state index in [1.54, 1.807) is 12.4 Å². The molecule has 1 unspecified atom stereocenters. The Morgan fingerprint density at radius 2 is 2.19 bits per heavy atom. The van der Waals surface area contributed by atoms with Gasteiger partial charge in [-0.2, -0.15) is 0 Å². The first-order valence-corrected chi connectivity index (χ1v) is 5.47. The van der Waals surface area contributed by atoms with Crippen molar-refractivity contribution in [3.05, 3.63) is 48.5 Å². The van der Waals surface area contributed by atoms with Gasteiger partial charge in [0.05, 0.1) is 0 Å². The lowest BCUT2D eigenvalue weighted by atomic mass is 9.94. The summed E-state index contributed by atoms with van der Waals surface area (Å²) < 4.78 is 5.71. The highest BCUT2D eigenvalue weighted by Gasteiger charge is 2.14. The maximum absolute atomic E-state index is 5.88. The van der Waals surface area contributed by atoms with Crippen molar-refractivity contribution in [1.82, 2.24) is 4.98 Å². The van der Waals surface area contributed by atoms with Crippen LogP contribution in [0.2, 0.25) is 0 Å². The van der Waals surface area contributed by atoms with E-state index in [0.29, 0.717) is 5.92 Å². The van der Waals surface area contributed by atoms with E-state index in [4.69, 9.17) is 10.5 Å². The van der Waals surface area contributed by atoms with Gasteiger partial charge in [0, 0.05) is 18.4 Å². The van der Waals surface area contributed by atoms with Gasteiger partial charge in [-0.1, -0.05) is 6.08 Å². The first kappa shape index (κ1) is 10.9. The van der Waals surface area contributed by atoms with Crippen molar-refractivity contribution in [1.29, 1.82) is 0 Å². The topological polar surface area (TPSA) is 48.1 Å². The Bertz CT molecular complexity index is 396. The van der Waals surface area contributed by atoms with Crippen molar-refractivity contribution in [2.45, 2.75) is 19.4 Å². The quantitative estimate of drug-likeness (QED) is 0.843. The molecule has 0 bridgehead atoms. The van der Waals surface area contributed by atoms with Crippen LogP contribution in [0.15, 0.2) is 48.5 Å². The number of aromatic nitrogens is 1. The van der Waals surface area contributed by atoms with Gasteiger partial charge in [0.15, 0.2) is 0 Å². The van der Waals surface area contributed by atoms with E-state index in [2.05, 4.69) is 17.1 Å². The van der Waals surface area contributed by atoms with Gasteiger partial charge >= 0.3 is 0 Å². The predicted molar refractivity (Wildman–Crippen MR) is 63.8 cm³/mol. The van der Waals surface area contributed by atoms with Crippen LogP contribution < -0.4 is 10.5 Å². The van der Waals surface area contributed by atoms with E-state index in [1.165, 1.54) is 0 Å². The van der Waals surface area contributed by atoms with Crippen molar-refractivity contribution < 1.29 is 4.74 Å². The molecule has 0 amide bonds. The number of pyridine rings is 1. The number of nitrogens with zero attached hydrogens (tertiary/aromatic N) is 1. The molecule has 16 heavy (non-hydrogen) atoms. The summed E-state index contributed by atoms with van der Waals surface area (Å²) in [5, 5.41) is 0. The number of ether oxygens (including phenoxy) is 1. The molecule has 0 aliphatic heterocycles. The number of rotatable bonds is 3. The third kappa shape index (κ3) is 2.70. The molecule has 0 saturated heterocycles. The van der Waals surface area contributed by atoms with Gasteiger partial charge in [-0.25, -0.2) is 0 Å². The van der Waals surface area contributed by atoms with Crippen LogP contribution in [-0.2, 0) is 0 Å². The third-order valence-corrected chi connectivity index (χ3v) is 2.63. The molecule has 84 valence electrons. The fourth-order valence-electron chi connectivity index (χ4n) is 1.65. The van der Waals surface area contributed by atoms with Crippen molar-refractivity contribution in [3.63, 3.8) is 0 Å². The summed E-state index contributed by atoms with van der Waals surface area (Å²) in [7, 11) is 0. The lowest BCUT2D eigenvalue weighted by Crippen LogP contribution is -2.26.